The van der Waals surface area contributed by atoms with Gasteiger partial charge in [0, 0.05) is 23.8 Å². The lowest BCUT2D eigenvalue weighted by Crippen LogP contribution is -2.11. The van der Waals surface area contributed by atoms with E-state index in [2.05, 4.69) is 10.5 Å². The van der Waals surface area contributed by atoms with E-state index in [0.29, 0.717) is 10.8 Å². The van der Waals surface area contributed by atoms with E-state index in [1.807, 2.05) is 0 Å². The molecule has 38 heavy (non-hydrogen) atoms. The first-order valence-electron chi connectivity index (χ1n) is 10.5. The van der Waals surface area contributed by atoms with E-state index in [0.717, 1.165) is 42.5 Å². The summed E-state index contributed by atoms with van der Waals surface area (Å²) in [7, 11) is -4.41. The van der Waals surface area contributed by atoms with Gasteiger partial charge in [-0.1, -0.05) is 30.3 Å². The average Bonchev–Trinajstić information content (AvgIpc) is 2.89. The molecule has 0 amide bonds. The Balaban J connectivity index is 1.71. The SMILES string of the molecule is O=[N+]([O-])c1ccc(S(=O)(=O)Oc2ccc3ccccc3c2/C=N\Nc2ccc([N+](=O)[O-])cc2[N+](=O)[O-])cc1. The highest BCUT2D eigenvalue weighted by atomic mass is 32.2. The van der Waals surface area contributed by atoms with E-state index in [1.54, 1.807) is 30.3 Å². The highest BCUT2D eigenvalue weighted by Crippen LogP contribution is 2.31. The van der Waals surface area contributed by atoms with Crippen molar-refractivity contribution in [3.63, 3.8) is 0 Å². The third kappa shape index (κ3) is 5.36. The first-order valence-corrected chi connectivity index (χ1v) is 11.9. The number of hydrogen-bond donors (Lipinski definition) is 1. The molecular formula is C23H15N5O9S. The van der Waals surface area contributed by atoms with E-state index in [-0.39, 0.29) is 27.6 Å². The minimum atomic E-state index is -4.41. The topological polar surface area (TPSA) is 197 Å². The highest BCUT2D eigenvalue weighted by molar-refractivity contribution is 7.87. The Hall–Kier alpha value is -5.44. The van der Waals surface area contributed by atoms with Gasteiger partial charge in [-0.15, -0.1) is 0 Å². The fraction of sp³-hybridized carbons (Fsp3) is 0. The van der Waals surface area contributed by atoms with E-state index in [9.17, 15) is 38.8 Å². The molecule has 0 fully saturated rings. The number of rotatable bonds is 9. The Labute approximate surface area is 213 Å². The summed E-state index contributed by atoms with van der Waals surface area (Å²) in [5.74, 6) is -0.134. The van der Waals surface area contributed by atoms with Crippen molar-refractivity contribution >= 4 is 49.9 Å². The van der Waals surface area contributed by atoms with Crippen molar-refractivity contribution in [1.82, 2.24) is 0 Å². The maximum Gasteiger partial charge on any atom is 0.339 e. The summed E-state index contributed by atoms with van der Waals surface area (Å²) >= 11 is 0. The molecule has 0 aliphatic carbocycles. The van der Waals surface area contributed by atoms with Crippen LogP contribution in [0.5, 0.6) is 5.75 Å². The molecule has 15 heteroatoms. The minimum absolute atomic E-state index is 0.134. The number of non-ortho nitro benzene ring substituents is 2. The van der Waals surface area contributed by atoms with Gasteiger partial charge in [-0.3, -0.25) is 35.8 Å². The van der Waals surface area contributed by atoms with Crippen LogP contribution in [0, 0.1) is 30.3 Å². The molecular weight excluding hydrogens is 522 g/mol. The summed E-state index contributed by atoms with van der Waals surface area (Å²) in [5, 5.41) is 38.4. The molecule has 0 spiro atoms. The zero-order valence-corrected chi connectivity index (χ0v) is 19.8. The second-order valence-corrected chi connectivity index (χ2v) is 9.12. The first-order chi connectivity index (χ1) is 18.1. The molecule has 0 heterocycles. The van der Waals surface area contributed by atoms with Crippen LogP contribution in [0.3, 0.4) is 0 Å². The number of nitrogens with zero attached hydrogens (tertiary/aromatic N) is 4. The summed E-state index contributed by atoms with van der Waals surface area (Å²) in [6.07, 6.45) is 1.19. The number of nitrogens with one attached hydrogen (secondary N) is 1. The number of hydrogen-bond acceptors (Lipinski definition) is 11. The van der Waals surface area contributed by atoms with Crippen molar-refractivity contribution in [3.8, 4) is 5.75 Å². The second kappa shape index (κ2) is 10.3. The normalized spacial score (nSPS) is 11.4. The zero-order valence-electron chi connectivity index (χ0n) is 19.0. The summed E-state index contributed by atoms with van der Waals surface area (Å²) in [6, 6.07) is 17.0. The minimum Gasteiger partial charge on any atom is -0.378 e. The Morgan fingerprint density at radius 2 is 1.45 bits per heavy atom. The Bertz CT molecular complexity index is 1720. The van der Waals surface area contributed by atoms with Crippen LogP contribution in [0.1, 0.15) is 5.56 Å². The van der Waals surface area contributed by atoms with Crippen LogP contribution in [0.25, 0.3) is 10.8 Å². The van der Waals surface area contributed by atoms with Gasteiger partial charge >= 0.3 is 15.8 Å². The van der Waals surface area contributed by atoms with Crippen LogP contribution < -0.4 is 9.61 Å². The number of benzene rings is 4. The molecule has 0 atom stereocenters. The van der Waals surface area contributed by atoms with E-state index in [1.165, 1.54) is 12.3 Å². The lowest BCUT2D eigenvalue weighted by Gasteiger charge is -2.12. The van der Waals surface area contributed by atoms with Crippen LogP contribution in [0.4, 0.5) is 22.7 Å². The van der Waals surface area contributed by atoms with Gasteiger partial charge in [0.05, 0.1) is 27.1 Å². The Kier molecular flexibility index (Phi) is 6.93. The van der Waals surface area contributed by atoms with Crippen LogP contribution in [0.2, 0.25) is 0 Å². The van der Waals surface area contributed by atoms with Crippen LogP contribution in [0.15, 0.2) is 88.9 Å². The molecule has 4 aromatic rings. The molecule has 192 valence electrons. The fourth-order valence-electron chi connectivity index (χ4n) is 3.43. The van der Waals surface area contributed by atoms with Crippen molar-refractivity contribution in [2.75, 3.05) is 5.43 Å². The molecule has 0 radical (unpaired) electrons. The largest absolute Gasteiger partial charge is 0.378 e. The molecule has 0 saturated heterocycles. The van der Waals surface area contributed by atoms with Gasteiger partial charge < -0.3 is 4.18 Å². The summed E-state index contributed by atoms with van der Waals surface area (Å²) in [6.45, 7) is 0. The monoisotopic (exact) mass is 537 g/mol. The molecule has 4 rings (SSSR count). The molecule has 0 unspecified atom stereocenters. The second-order valence-electron chi connectivity index (χ2n) is 7.57. The first kappa shape index (κ1) is 25.6. The average molecular weight is 537 g/mol. The molecule has 4 aromatic carbocycles. The zero-order chi connectivity index (χ0) is 27.4. The molecule has 0 aliphatic rings. The van der Waals surface area contributed by atoms with E-state index >= 15 is 0 Å². The van der Waals surface area contributed by atoms with Crippen molar-refractivity contribution in [2.45, 2.75) is 4.90 Å². The van der Waals surface area contributed by atoms with Crippen molar-refractivity contribution < 1.29 is 27.4 Å². The Morgan fingerprint density at radius 1 is 0.789 bits per heavy atom. The number of nitro benzene ring substituents is 3. The van der Waals surface area contributed by atoms with Gasteiger partial charge in [0.25, 0.3) is 11.4 Å². The molecule has 0 aliphatic heterocycles. The smallest absolute Gasteiger partial charge is 0.339 e. The predicted octanol–water partition coefficient (Wildman–Crippen LogP) is 4.78. The van der Waals surface area contributed by atoms with Gasteiger partial charge in [0.15, 0.2) is 5.75 Å². The fourth-order valence-corrected chi connectivity index (χ4v) is 4.38. The highest BCUT2D eigenvalue weighted by Gasteiger charge is 2.22. The molecule has 0 saturated carbocycles. The van der Waals surface area contributed by atoms with E-state index < -0.39 is 36.3 Å². The van der Waals surface area contributed by atoms with Crippen LogP contribution in [-0.4, -0.2) is 29.4 Å². The van der Waals surface area contributed by atoms with Gasteiger partial charge in [0.1, 0.15) is 10.6 Å². The predicted molar refractivity (Wildman–Crippen MR) is 136 cm³/mol. The van der Waals surface area contributed by atoms with Crippen molar-refractivity contribution in [3.05, 3.63) is 115 Å². The van der Waals surface area contributed by atoms with Gasteiger partial charge in [0.2, 0.25) is 0 Å². The van der Waals surface area contributed by atoms with E-state index in [4.69, 9.17) is 4.18 Å². The summed E-state index contributed by atoms with van der Waals surface area (Å²) in [4.78, 5) is 30.6. The Morgan fingerprint density at radius 3 is 2.11 bits per heavy atom. The van der Waals surface area contributed by atoms with Crippen LogP contribution >= 0.6 is 0 Å². The molecule has 14 nitrogen and oxygen atoms in total. The molecule has 0 aromatic heterocycles. The van der Waals surface area contributed by atoms with Crippen molar-refractivity contribution in [1.29, 1.82) is 0 Å². The number of nitro groups is 3. The number of fused-ring (bicyclic) bond motifs is 1. The summed E-state index contributed by atoms with van der Waals surface area (Å²) in [5.41, 5.74) is 1.14. The molecule has 1 N–H and O–H groups in total. The lowest BCUT2D eigenvalue weighted by molar-refractivity contribution is -0.393. The standard InChI is InChI=1S/C23H15N5O9S/c29-26(30)16-6-9-18(10-7-16)38(35,36)37-23-12-5-15-3-1-2-4-19(15)20(23)14-24-25-21-11-8-17(27(31)32)13-22(21)28(33)34/h1-14,25H/b24-14-. The third-order valence-electron chi connectivity index (χ3n) is 5.23. The van der Waals surface area contributed by atoms with Gasteiger partial charge in [-0.05, 0) is 35.0 Å². The van der Waals surface area contributed by atoms with Gasteiger partial charge in [-0.25, -0.2) is 0 Å². The number of anilines is 1. The van der Waals surface area contributed by atoms with Gasteiger partial charge in [-0.2, -0.15) is 13.5 Å². The summed E-state index contributed by atoms with van der Waals surface area (Å²) < 4.78 is 31.1. The third-order valence-corrected chi connectivity index (χ3v) is 6.48. The number of hydrazone groups is 1. The maximum absolute atomic E-state index is 12.9. The maximum atomic E-state index is 12.9. The van der Waals surface area contributed by atoms with Crippen molar-refractivity contribution in [2.24, 2.45) is 5.10 Å². The molecule has 0 bridgehead atoms. The lowest BCUT2D eigenvalue weighted by atomic mass is 10.0. The quantitative estimate of drug-likeness (QED) is 0.134. The van der Waals surface area contributed by atoms with Crippen LogP contribution in [-0.2, 0) is 10.1 Å².